The average Bonchev–Trinajstić information content (AvgIpc) is 3.28. The summed E-state index contributed by atoms with van der Waals surface area (Å²) < 4.78 is 10.9. The van der Waals surface area contributed by atoms with E-state index in [0.717, 1.165) is 30.3 Å². The van der Waals surface area contributed by atoms with Crippen LogP contribution in [0, 0.1) is 5.92 Å². The molecule has 1 aromatic heterocycles. The lowest BCUT2D eigenvalue weighted by Crippen LogP contribution is -2.63. The summed E-state index contributed by atoms with van der Waals surface area (Å²) in [7, 11) is 6.00. The van der Waals surface area contributed by atoms with Crippen LogP contribution in [0.3, 0.4) is 0 Å². The van der Waals surface area contributed by atoms with Gasteiger partial charge < -0.3 is 14.2 Å². The summed E-state index contributed by atoms with van der Waals surface area (Å²) in [4.78, 5) is 18.0. The van der Waals surface area contributed by atoms with Gasteiger partial charge in [-0.05, 0) is 95.4 Å². The standard InChI is InChI=1S/C34H48N6O2S/c1-23-25-21-39-29-20-26(38(6)33(41)40(36-34(2,3)35-23)43-19-18-37(4)5)16-17-27(29)31(24-12-8-7-9-13-24)32(39)28-14-10-11-15-30(28)42-22-25/h10-11,14-17,20,23-25,35-36H,7-9,12-13,18-19,21-22H2,1-6H3/t23?,25-/m0/s1. The van der Waals surface area contributed by atoms with Crippen LogP contribution in [0.4, 0.5) is 10.5 Å². The molecule has 2 N–H and O–H groups in total. The van der Waals surface area contributed by atoms with Crippen LogP contribution in [0.15, 0.2) is 42.5 Å². The van der Waals surface area contributed by atoms with Gasteiger partial charge in [0.25, 0.3) is 0 Å². The van der Waals surface area contributed by atoms with Crippen LogP contribution in [0.5, 0.6) is 5.75 Å². The lowest BCUT2D eigenvalue weighted by molar-refractivity contribution is 0.137. The molecule has 2 atom stereocenters. The first-order chi connectivity index (χ1) is 20.6. The number of para-hydroxylation sites is 1. The zero-order chi connectivity index (χ0) is 30.3. The van der Waals surface area contributed by atoms with Crippen molar-refractivity contribution in [2.24, 2.45) is 5.92 Å². The van der Waals surface area contributed by atoms with Gasteiger partial charge in [-0.25, -0.2) is 10.2 Å². The Kier molecular flexibility index (Phi) is 8.70. The molecule has 2 aromatic carbocycles. The molecule has 2 aliphatic heterocycles. The molecule has 0 radical (unpaired) electrons. The maximum atomic E-state index is 14.1. The number of benzene rings is 2. The fraction of sp³-hybridized carbons (Fsp3) is 0.559. The monoisotopic (exact) mass is 604 g/mol. The van der Waals surface area contributed by atoms with Gasteiger partial charge in [-0.1, -0.05) is 37.5 Å². The molecular weight excluding hydrogens is 556 g/mol. The van der Waals surface area contributed by atoms with Crippen LogP contribution in [-0.2, 0) is 6.54 Å². The number of nitrogens with zero attached hydrogens (tertiary/aromatic N) is 4. The average molecular weight is 605 g/mol. The number of hydrazine groups is 1. The number of hydrogen-bond donors (Lipinski definition) is 2. The van der Waals surface area contributed by atoms with Gasteiger partial charge in [0.2, 0.25) is 0 Å². The predicted molar refractivity (Wildman–Crippen MR) is 179 cm³/mol. The molecule has 232 valence electrons. The van der Waals surface area contributed by atoms with E-state index in [-0.39, 0.29) is 18.0 Å². The molecule has 3 heterocycles. The van der Waals surface area contributed by atoms with Gasteiger partial charge in [0.1, 0.15) is 5.75 Å². The summed E-state index contributed by atoms with van der Waals surface area (Å²) in [5.41, 5.74) is 9.02. The molecular formula is C34H48N6O2S. The fourth-order valence-corrected chi connectivity index (χ4v) is 8.26. The molecule has 8 nitrogen and oxygen atoms in total. The van der Waals surface area contributed by atoms with Crippen LogP contribution < -0.4 is 20.4 Å². The van der Waals surface area contributed by atoms with Crippen molar-refractivity contribution in [3.8, 4) is 17.0 Å². The third-order valence-corrected chi connectivity index (χ3v) is 10.3. The van der Waals surface area contributed by atoms with Gasteiger partial charge in [-0.2, -0.15) is 4.41 Å². The molecule has 1 unspecified atom stereocenters. The topological polar surface area (TPSA) is 65.0 Å². The fourth-order valence-electron chi connectivity index (χ4n) is 7.10. The molecule has 1 fully saturated rings. The summed E-state index contributed by atoms with van der Waals surface area (Å²) in [5.74, 6) is 2.47. The second-order valence-corrected chi connectivity index (χ2v) is 14.5. The lowest BCUT2D eigenvalue weighted by atomic mass is 9.81. The van der Waals surface area contributed by atoms with Crippen molar-refractivity contribution in [2.45, 2.75) is 77.0 Å². The highest BCUT2D eigenvalue weighted by Gasteiger charge is 2.35. The van der Waals surface area contributed by atoms with Crippen molar-refractivity contribution in [2.75, 3.05) is 44.9 Å². The summed E-state index contributed by atoms with van der Waals surface area (Å²) in [6, 6.07) is 15.3. The normalized spacial score (nSPS) is 23.0. The van der Waals surface area contributed by atoms with Gasteiger partial charge in [-0.3, -0.25) is 10.2 Å². The number of aromatic nitrogens is 1. The Balaban J connectivity index is 1.54. The number of carbonyl (C=O) groups excluding carboxylic acids is 1. The summed E-state index contributed by atoms with van der Waals surface area (Å²) in [6.45, 7) is 8.78. The number of rotatable bonds is 5. The first-order valence-corrected chi connectivity index (χ1v) is 16.9. The van der Waals surface area contributed by atoms with Crippen LogP contribution >= 0.6 is 11.9 Å². The van der Waals surface area contributed by atoms with Crippen LogP contribution in [0.1, 0.15) is 64.4 Å². The molecule has 0 saturated heterocycles. The van der Waals surface area contributed by atoms with Gasteiger partial charge in [-0.15, -0.1) is 0 Å². The first-order valence-electron chi connectivity index (χ1n) is 15.9. The number of anilines is 1. The van der Waals surface area contributed by atoms with Crippen molar-refractivity contribution in [1.29, 1.82) is 0 Å². The zero-order valence-electron chi connectivity index (χ0n) is 26.7. The number of urea groups is 1. The number of carbonyl (C=O) groups is 1. The SMILES string of the molecule is CC1NC(C)(C)NN(SCCN(C)C)C(=O)N(C)c2ccc3c(C4CCCCC4)c4n(c3c2)C[C@H]1COc1ccccc1-4. The Morgan fingerprint density at radius 1 is 1.09 bits per heavy atom. The smallest absolute Gasteiger partial charge is 0.349 e. The molecule has 0 spiro atoms. The van der Waals surface area contributed by atoms with E-state index in [1.165, 1.54) is 71.8 Å². The van der Waals surface area contributed by atoms with E-state index in [0.29, 0.717) is 12.5 Å². The second-order valence-electron chi connectivity index (χ2n) is 13.4. The van der Waals surface area contributed by atoms with E-state index in [2.05, 4.69) is 97.5 Å². The number of hydrogen-bond acceptors (Lipinski definition) is 6. The molecule has 4 bridgehead atoms. The predicted octanol–water partition coefficient (Wildman–Crippen LogP) is 6.67. The molecule has 3 aromatic rings. The summed E-state index contributed by atoms with van der Waals surface area (Å²) >= 11 is 1.52. The van der Waals surface area contributed by atoms with E-state index in [1.807, 2.05) is 7.05 Å². The van der Waals surface area contributed by atoms with Crippen molar-refractivity contribution >= 4 is 34.6 Å². The molecule has 43 heavy (non-hydrogen) atoms. The minimum absolute atomic E-state index is 0.0924. The Bertz CT molecular complexity index is 1460. The van der Waals surface area contributed by atoms with Gasteiger partial charge in [0.15, 0.2) is 0 Å². The van der Waals surface area contributed by atoms with Crippen molar-refractivity contribution in [3.63, 3.8) is 0 Å². The van der Waals surface area contributed by atoms with E-state index in [9.17, 15) is 4.79 Å². The van der Waals surface area contributed by atoms with Gasteiger partial charge >= 0.3 is 6.03 Å². The highest BCUT2D eigenvalue weighted by atomic mass is 32.2. The number of fused-ring (bicyclic) bond motifs is 4. The van der Waals surface area contributed by atoms with Crippen molar-refractivity contribution in [3.05, 3.63) is 48.0 Å². The van der Waals surface area contributed by atoms with Crippen LogP contribution in [0.2, 0.25) is 0 Å². The van der Waals surface area contributed by atoms with E-state index >= 15 is 0 Å². The second kappa shape index (κ2) is 12.3. The van der Waals surface area contributed by atoms with Gasteiger partial charge in [0.05, 0.1) is 23.5 Å². The Morgan fingerprint density at radius 2 is 1.86 bits per heavy atom. The molecule has 1 saturated carbocycles. The molecule has 2 amide bonds. The third kappa shape index (κ3) is 6.14. The van der Waals surface area contributed by atoms with E-state index in [4.69, 9.17) is 4.74 Å². The Labute approximate surface area is 261 Å². The minimum Gasteiger partial charge on any atom is -0.492 e. The van der Waals surface area contributed by atoms with Crippen molar-refractivity contribution in [1.82, 2.24) is 24.6 Å². The maximum absolute atomic E-state index is 14.1. The third-order valence-electron chi connectivity index (χ3n) is 9.40. The Hall–Kier alpha value is -2.72. The van der Waals surface area contributed by atoms with Gasteiger partial charge in [0, 0.05) is 54.5 Å². The minimum atomic E-state index is -0.546. The number of nitrogens with one attached hydrogen (secondary N) is 2. The van der Waals surface area contributed by atoms with Crippen LogP contribution in [0.25, 0.3) is 22.2 Å². The highest BCUT2D eigenvalue weighted by molar-refractivity contribution is 7.97. The molecule has 3 aliphatic rings. The molecule has 6 rings (SSSR count). The van der Waals surface area contributed by atoms with Crippen molar-refractivity contribution < 1.29 is 9.53 Å². The number of amides is 2. The lowest BCUT2D eigenvalue weighted by Gasteiger charge is -2.39. The summed E-state index contributed by atoms with van der Waals surface area (Å²) in [6.07, 6.45) is 6.30. The molecule has 1 aliphatic carbocycles. The number of ether oxygens (including phenoxy) is 1. The van der Waals surface area contributed by atoms with E-state index in [1.54, 1.807) is 9.31 Å². The van der Waals surface area contributed by atoms with E-state index < -0.39 is 5.66 Å². The zero-order valence-corrected chi connectivity index (χ0v) is 27.5. The molecule has 9 heteroatoms. The Morgan fingerprint density at radius 3 is 2.63 bits per heavy atom. The largest absolute Gasteiger partial charge is 0.492 e. The maximum Gasteiger partial charge on any atom is 0.349 e. The highest BCUT2D eigenvalue weighted by Crippen LogP contribution is 2.48. The van der Waals surface area contributed by atoms with Crippen LogP contribution in [-0.4, -0.2) is 71.7 Å². The first kappa shape index (κ1) is 30.3. The quantitative estimate of drug-likeness (QED) is 0.318. The summed E-state index contributed by atoms with van der Waals surface area (Å²) in [5, 5.41) is 5.14.